The lowest BCUT2D eigenvalue weighted by atomic mass is 10.1. The van der Waals surface area contributed by atoms with Crippen LogP contribution in [0.5, 0.6) is 17.4 Å². The highest BCUT2D eigenvalue weighted by molar-refractivity contribution is 5.89. The molecule has 3 rings (SSSR count). The van der Waals surface area contributed by atoms with Gasteiger partial charge in [0.1, 0.15) is 17.3 Å². The molecule has 3 aromatic rings. The molecule has 22 heavy (non-hydrogen) atoms. The van der Waals surface area contributed by atoms with Gasteiger partial charge in [0.15, 0.2) is 6.29 Å². The Morgan fingerprint density at radius 2 is 1.77 bits per heavy atom. The standard InChI is InChI=1S/C17H12FNO3/c1-21-15-6-7-16-11(9-15)8-12(10-20)17(19-16)22-14-4-2-13(18)3-5-14/h2-10H,1H3. The van der Waals surface area contributed by atoms with Crippen LogP contribution in [-0.4, -0.2) is 18.4 Å². The van der Waals surface area contributed by atoms with Gasteiger partial charge in [0.25, 0.3) is 0 Å². The van der Waals surface area contributed by atoms with Crippen LogP contribution in [0.4, 0.5) is 4.39 Å². The first kappa shape index (κ1) is 14.0. The number of hydrogen-bond donors (Lipinski definition) is 0. The van der Waals surface area contributed by atoms with Crippen molar-refractivity contribution in [3.63, 3.8) is 0 Å². The molecule has 4 nitrogen and oxygen atoms in total. The van der Waals surface area contributed by atoms with Crippen molar-refractivity contribution in [2.24, 2.45) is 0 Å². The molecule has 0 amide bonds. The maximum Gasteiger partial charge on any atom is 0.230 e. The van der Waals surface area contributed by atoms with Crippen LogP contribution in [0.2, 0.25) is 0 Å². The molecular formula is C17H12FNO3. The van der Waals surface area contributed by atoms with Crippen molar-refractivity contribution in [3.8, 4) is 17.4 Å². The van der Waals surface area contributed by atoms with Gasteiger partial charge >= 0.3 is 0 Å². The van der Waals surface area contributed by atoms with Crippen LogP contribution in [0.15, 0.2) is 48.5 Å². The van der Waals surface area contributed by atoms with Gasteiger partial charge in [-0.15, -0.1) is 0 Å². The summed E-state index contributed by atoms with van der Waals surface area (Å²) >= 11 is 0. The molecule has 110 valence electrons. The Labute approximate surface area is 126 Å². The lowest BCUT2D eigenvalue weighted by Crippen LogP contribution is -1.95. The van der Waals surface area contributed by atoms with Crippen molar-refractivity contribution in [1.82, 2.24) is 4.98 Å². The van der Waals surface area contributed by atoms with Crippen molar-refractivity contribution < 1.29 is 18.7 Å². The Hall–Kier alpha value is -2.95. The highest BCUT2D eigenvalue weighted by Gasteiger charge is 2.10. The van der Waals surface area contributed by atoms with E-state index in [-0.39, 0.29) is 11.7 Å². The lowest BCUT2D eigenvalue weighted by molar-refractivity contribution is 0.112. The highest BCUT2D eigenvalue weighted by atomic mass is 19.1. The quantitative estimate of drug-likeness (QED) is 0.683. The molecule has 0 N–H and O–H groups in total. The Kier molecular flexibility index (Phi) is 3.70. The summed E-state index contributed by atoms with van der Waals surface area (Å²) in [4.78, 5) is 15.6. The normalized spacial score (nSPS) is 10.5. The number of hydrogen-bond acceptors (Lipinski definition) is 4. The van der Waals surface area contributed by atoms with Gasteiger partial charge in [0, 0.05) is 5.39 Å². The molecule has 0 aliphatic heterocycles. The summed E-state index contributed by atoms with van der Waals surface area (Å²) in [5.74, 6) is 0.906. The average molecular weight is 297 g/mol. The molecule has 0 atom stereocenters. The molecule has 5 heteroatoms. The molecule has 0 fully saturated rings. The Morgan fingerprint density at radius 1 is 1.05 bits per heavy atom. The van der Waals surface area contributed by atoms with Gasteiger partial charge in [-0.2, -0.15) is 0 Å². The number of rotatable bonds is 4. The molecule has 1 aromatic heterocycles. The predicted octanol–water partition coefficient (Wildman–Crippen LogP) is 3.99. The molecule has 0 saturated carbocycles. The zero-order valence-corrected chi connectivity index (χ0v) is 11.7. The van der Waals surface area contributed by atoms with E-state index in [1.54, 1.807) is 31.4 Å². The Bertz CT molecular complexity index is 831. The molecule has 0 aliphatic carbocycles. The number of methoxy groups -OCH3 is 1. The van der Waals surface area contributed by atoms with E-state index in [1.165, 1.54) is 24.3 Å². The monoisotopic (exact) mass is 297 g/mol. The molecule has 0 unspecified atom stereocenters. The van der Waals surface area contributed by atoms with E-state index < -0.39 is 0 Å². The third kappa shape index (κ3) is 2.74. The van der Waals surface area contributed by atoms with E-state index >= 15 is 0 Å². The van der Waals surface area contributed by atoms with E-state index in [4.69, 9.17) is 9.47 Å². The van der Waals surface area contributed by atoms with Gasteiger partial charge in [-0.3, -0.25) is 4.79 Å². The third-order valence-electron chi connectivity index (χ3n) is 3.17. The first-order chi connectivity index (χ1) is 10.7. The van der Waals surface area contributed by atoms with Crippen molar-refractivity contribution >= 4 is 17.2 Å². The number of aldehydes is 1. The van der Waals surface area contributed by atoms with Crippen LogP contribution >= 0.6 is 0 Å². The molecule has 2 aromatic carbocycles. The van der Waals surface area contributed by atoms with Crippen molar-refractivity contribution in [2.75, 3.05) is 7.11 Å². The number of carbonyl (C=O) groups excluding carboxylic acids is 1. The minimum atomic E-state index is -0.360. The Morgan fingerprint density at radius 3 is 2.45 bits per heavy atom. The smallest absolute Gasteiger partial charge is 0.230 e. The number of pyridine rings is 1. The number of carbonyl (C=O) groups is 1. The lowest BCUT2D eigenvalue weighted by Gasteiger charge is -2.09. The van der Waals surface area contributed by atoms with Gasteiger partial charge in [0.05, 0.1) is 18.2 Å². The van der Waals surface area contributed by atoms with Crippen molar-refractivity contribution in [2.45, 2.75) is 0 Å². The topological polar surface area (TPSA) is 48.4 Å². The van der Waals surface area contributed by atoms with Crippen LogP contribution in [0.1, 0.15) is 10.4 Å². The zero-order chi connectivity index (χ0) is 15.5. The molecular weight excluding hydrogens is 285 g/mol. The average Bonchev–Trinajstić information content (AvgIpc) is 2.55. The Balaban J connectivity index is 2.04. The highest BCUT2D eigenvalue weighted by Crippen LogP contribution is 2.28. The summed E-state index contributed by atoms with van der Waals surface area (Å²) in [5.41, 5.74) is 0.980. The first-order valence-electron chi connectivity index (χ1n) is 6.57. The fraction of sp³-hybridized carbons (Fsp3) is 0.0588. The minimum Gasteiger partial charge on any atom is -0.497 e. The number of benzene rings is 2. The number of ether oxygens (including phenoxy) is 2. The number of fused-ring (bicyclic) bond motifs is 1. The minimum absolute atomic E-state index is 0.180. The summed E-state index contributed by atoms with van der Waals surface area (Å²) in [7, 11) is 1.57. The van der Waals surface area contributed by atoms with Crippen LogP contribution in [0.25, 0.3) is 10.9 Å². The fourth-order valence-corrected chi connectivity index (χ4v) is 2.06. The van der Waals surface area contributed by atoms with E-state index in [0.29, 0.717) is 28.9 Å². The summed E-state index contributed by atoms with van der Waals surface area (Å²) in [5, 5.41) is 0.771. The third-order valence-corrected chi connectivity index (χ3v) is 3.17. The molecule has 1 heterocycles. The van der Waals surface area contributed by atoms with Gasteiger partial charge in [0.2, 0.25) is 5.88 Å². The zero-order valence-electron chi connectivity index (χ0n) is 11.7. The fourth-order valence-electron chi connectivity index (χ4n) is 2.06. The second kappa shape index (κ2) is 5.81. The number of nitrogens with zero attached hydrogens (tertiary/aromatic N) is 1. The SMILES string of the molecule is COc1ccc2nc(Oc3ccc(F)cc3)c(C=O)cc2c1. The van der Waals surface area contributed by atoms with Crippen LogP contribution in [0.3, 0.4) is 0 Å². The second-order valence-corrected chi connectivity index (χ2v) is 4.62. The molecule has 0 aliphatic rings. The van der Waals surface area contributed by atoms with E-state index in [1.807, 2.05) is 0 Å². The van der Waals surface area contributed by atoms with Gasteiger partial charge in [-0.1, -0.05) is 0 Å². The van der Waals surface area contributed by atoms with E-state index in [0.717, 1.165) is 5.39 Å². The van der Waals surface area contributed by atoms with Crippen molar-refractivity contribution in [3.05, 3.63) is 59.9 Å². The first-order valence-corrected chi connectivity index (χ1v) is 6.57. The summed E-state index contributed by atoms with van der Waals surface area (Å²) in [6.07, 6.45) is 0.671. The van der Waals surface area contributed by atoms with Gasteiger partial charge < -0.3 is 9.47 Å². The summed E-state index contributed by atoms with van der Waals surface area (Å²) < 4.78 is 23.6. The summed E-state index contributed by atoms with van der Waals surface area (Å²) in [6, 6.07) is 12.5. The second-order valence-electron chi connectivity index (χ2n) is 4.62. The number of aromatic nitrogens is 1. The summed E-state index contributed by atoms with van der Waals surface area (Å²) in [6.45, 7) is 0. The molecule has 0 radical (unpaired) electrons. The molecule has 0 spiro atoms. The van der Waals surface area contributed by atoms with Crippen LogP contribution < -0.4 is 9.47 Å². The van der Waals surface area contributed by atoms with Gasteiger partial charge in [-0.25, -0.2) is 9.37 Å². The van der Waals surface area contributed by atoms with Crippen molar-refractivity contribution in [1.29, 1.82) is 0 Å². The molecule has 0 saturated heterocycles. The van der Waals surface area contributed by atoms with Crippen LogP contribution in [-0.2, 0) is 0 Å². The number of halogens is 1. The van der Waals surface area contributed by atoms with E-state index in [9.17, 15) is 9.18 Å². The van der Waals surface area contributed by atoms with E-state index in [2.05, 4.69) is 4.98 Å². The predicted molar refractivity (Wildman–Crippen MR) is 80.2 cm³/mol. The van der Waals surface area contributed by atoms with Gasteiger partial charge in [-0.05, 0) is 48.5 Å². The van der Waals surface area contributed by atoms with Crippen LogP contribution in [0, 0.1) is 5.82 Å². The largest absolute Gasteiger partial charge is 0.497 e. The maximum absolute atomic E-state index is 12.9. The molecule has 0 bridgehead atoms. The maximum atomic E-state index is 12.9.